The Morgan fingerprint density at radius 2 is 1.08 bits per heavy atom. The number of carbonyl (C=O) groups excluding carboxylic acids is 1. The molecule has 0 spiro atoms. The van der Waals surface area contributed by atoms with Crippen LogP contribution in [-0.2, 0) is 4.79 Å². The number of carbonyl (C=O) groups is 1. The first kappa shape index (κ1) is 23.3. The maximum absolute atomic E-state index is 11.0. The highest BCUT2D eigenvalue weighted by Gasteiger charge is 1.96. The van der Waals surface area contributed by atoms with Crippen LogP contribution in [0.2, 0.25) is 0 Å². The van der Waals surface area contributed by atoms with E-state index in [2.05, 4.69) is 23.5 Å². The van der Waals surface area contributed by atoms with Crippen molar-refractivity contribution in [3.8, 4) is 11.3 Å². The van der Waals surface area contributed by atoms with Gasteiger partial charge in [0.2, 0.25) is 0 Å². The molecular weight excluding hydrogens is 318 g/mol. The summed E-state index contributed by atoms with van der Waals surface area (Å²) in [6, 6.07) is 0. The van der Waals surface area contributed by atoms with Gasteiger partial charge in [-0.25, -0.2) is 0 Å². The fourth-order valence-corrected chi connectivity index (χ4v) is 3.05. The smallest absolute Gasteiger partial charge is 0.297 e. The molecule has 0 unspecified atom stereocenters. The molecule has 0 aliphatic rings. The van der Waals surface area contributed by atoms with E-state index in [1.165, 1.54) is 96.3 Å². The van der Waals surface area contributed by atoms with E-state index in [4.69, 9.17) is 11.6 Å². The lowest BCUT2D eigenvalue weighted by molar-refractivity contribution is -0.115. The number of rotatable bonds is 17. The highest BCUT2D eigenvalue weighted by atomic mass is 35.5. The maximum Gasteiger partial charge on any atom is 0.297 e. The average molecular weight is 356 g/mol. The molecule has 1 N–H and O–H groups in total. The molecule has 0 saturated carbocycles. The van der Waals surface area contributed by atoms with Crippen molar-refractivity contribution in [2.45, 2.75) is 110 Å². The van der Waals surface area contributed by atoms with E-state index in [0.717, 1.165) is 6.42 Å². The summed E-state index contributed by atoms with van der Waals surface area (Å²) >= 11 is 5.16. The van der Waals surface area contributed by atoms with Crippen molar-refractivity contribution >= 4 is 17.5 Å². The Morgan fingerprint density at radius 1 is 0.708 bits per heavy atom. The first-order valence-electron chi connectivity index (χ1n) is 10.2. The lowest BCUT2D eigenvalue weighted by Crippen LogP contribution is -2.22. The van der Waals surface area contributed by atoms with Gasteiger partial charge in [0.15, 0.2) is 0 Å². The van der Waals surface area contributed by atoms with Gasteiger partial charge in [0.05, 0.1) is 0 Å². The second-order valence-electron chi connectivity index (χ2n) is 6.78. The van der Waals surface area contributed by atoms with Crippen molar-refractivity contribution < 1.29 is 4.79 Å². The second kappa shape index (κ2) is 20.4. The molecule has 0 saturated heterocycles. The zero-order chi connectivity index (χ0) is 17.7. The highest BCUT2D eigenvalue weighted by Crippen LogP contribution is 2.13. The topological polar surface area (TPSA) is 29.1 Å². The molecule has 24 heavy (non-hydrogen) atoms. The largest absolute Gasteiger partial charge is 0.345 e. The summed E-state index contributed by atoms with van der Waals surface area (Å²) in [5, 5.41) is 4.82. The lowest BCUT2D eigenvalue weighted by atomic mass is 10.0. The molecule has 0 aromatic rings. The SMILES string of the molecule is CCCCCCCCCCCCCCCCCCNC(=O)C#CCl. The molecule has 0 aromatic carbocycles. The molecule has 140 valence electrons. The van der Waals surface area contributed by atoms with E-state index in [0.29, 0.717) is 6.54 Å². The minimum absolute atomic E-state index is 0.272. The summed E-state index contributed by atoms with van der Waals surface area (Å²) in [6.07, 6.45) is 21.8. The molecule has 0 radical (unpaired) electrons. The third kappa shape index (κ3) is 19.4. The van der Waals surface area contributed by atoms with Crippen LogP contribution in [0.15, 0.2) is 0 Å². The van der Waals surface area contributed by atoms with Crippen LogP contribution in [0.5, 0.6) is 0 Å². The van der Waals surface area contributed by atoms with Gasteiger partial charge in [0, 0.05) is 17.8 Å². The highest BCUT2D eigenvalue weighted by molar-refractivity contribution is 6.31. The summed E-state index contributed by atoms with van der Waals surface area (Å²) in [6.45, 7) is 2.99. The first-order chi connectivity index (χ1) is 11.8. The predicted molar refractivity (Wildman–Crippen MR) is 106 cm³/mol. The zero-order valence-electron chi connectivity index (χ0n) is 15.8. The van der Waals surface area contributed by atoms with E-state index < -0.39 is 0 Å². The zero-order valence-corrected chi connectivity index (χ0v) is 16.6. The van der Waals surface area contributed by atoms with Crippen LogP contribution < -0.4 is 5.32 Å². The molecule has 0 aliphatic carbocycles. The molecule has 0 aromatic heterocycles. The minimum atomic E-state index is -0.272. The Hall–Kier alpha value is -0.680. The molecule has 3 heteroatoms. The molecule has 1 amide bonds. The molecule has 0 bridgehead atoms. The molecule has 0 aliphatic heterocycles. The Bertz CT molecular complexity index is 332. The average Bonchev–Trinajstić information content (AvgIpc) is 2.58. The fourth-order valence-electron chi connectivity index (χ4n) is 2.96. The van der Waals surface area contributed by atoms with E-state index in [-0.39, 0.29) is 5.91 Å². The van der Waals surface area contributed by atoms with Crippen LogP contribution in [0, 0.1) is 11.3 Å². The van der Waals surface area contributed by atoms with Gasteiger partial charge in [0.1, 0.15) is 0 Å². The predicted octanol–water partition coefficient (Wildman–Crippen LogP) is 6.56. The first-order valence-corrected chi connectivity index (χ1v) is 10.6. The van der Waals surface area contributed by atoms with Crippen LogP contribution in [0.25, 0.3) is 0 Å². The van der Waals surface area contributed by atoms with Gasteiger partial charge in [-0.2, -0.15) is 0 Å². The number of hydrogen-bond acceptors (Lipinski definition) is 1. The van der Waals surface area contributed by atoms with Gasteiger partial charge in [-0.05, 0) is 18.0 Å². The number of hydrogen-bond donors (Lipinski definition) is 1. The van der Waals surface area contributed by atoms with Crippen LogP contribution >= 0.6 is 11.6 Å². The third-order valence-electron chi connectivity index (χ3n) is 4.48. The van der Waals surface area contributed by atoms with Crippen molar-refractivity contribution in [3.63, 3.8) is 0 Å². The van der Waals surface area contributed by atoms with Crippen LogP contribution in [0.1, 0.15) is 110 Å². The van der Waals surface area contributed by atoms with Crippen molar-refractivity contribution in [1.29, 1.82) is 0 Å². The van der Waals surface area contributed by atoms with Gasteiger partial charge in [0.25, 0.3) is 5.91 Å². The van der Waals surface area contributed by atoms with E-state index >= 15 is 0 Å². The molecule has 0 atom stereocenters. The molecule has 0 rings (SSSR count). The number of unbranched alkanes of at least 4 members (excludes halogenated alkanes) is 15. The monoisotopic (exact) mass is 355 g/mol. The van der Waals surface area contributed by atoms with Crippen molar-refractivity contribution in [1.82, 2.24) is 5.32 Å². The molecule has 0 heterocycles. The fraction of sp³-hybridized carbons (Fsp3) is 0.857. The second-order valence-corrected chi connectivity index (χ2v) is 6.97. The van der Waals surface area contributed by atoms with Gasteiger partial charge in [-0.15, -0.1) is 0 Å². The van der Waals surface area contributed by atoms with Crippen molar-refractivity contribution in [3.05, 3.63) is 0 Å². The standard InChI is InChI=1S/C21H38ClNO/c1-2-3-4-5-6-7-8-9-10-11-12-13-14-15-16-17-20-23-21(24)18-19-22/h2-17,20H2,1H3,(H,23,24). The van der Waals surface area contributed by atoms with Gasteiger partial charge in [-0.1, -0.05) is 103 Å². The van der Waals surface area contributed by atoms with E-state index in [1.54, 1.807) is 0 Å². The maximum atomic E-state index is 11.0. The van der Waals surface area contributed by atoms with Crippen molar-refractivity contribution in [2.75, 3.05) is 6.54 Å². The summed E-state index contributed by atoms with van der Waals surface area (Å²) in [7, 11) is 0. The molecular formula is C21H38ClNO. The van der Waals surface area contributed by atoms with Crippen LogP contribution in [-0.4, -0.2) is 12.5 Å². The van der Waals surface area contributed by atoms with E-state index in [1.807, 2.05) is 0 Å². The summed E-state index contributed by atoms with van der Waals surface area (Å²) in [5.74, 6) is 1.99. The summed E-state index contributed by atoms with van der Waals surface area (Å²) < 4.78 is 0. The Kier molecular flexibility index (Phi) is 19.8. The summed E-state index contributed by atoms with van der Waals surface area (Å²) in [5.41, 5.74) is 0. The minimum Gasteiger partial charge on any atom is -0.345 e. The quantitative estimate of drug-likeness (QED) is 0.232. The Labute approximate surface area is 155 Å². The van der Waals surface area contributed by atoms with Gasteiger partial charge in [-0.3, -0.25) is 4.79 Å². The molecule has 2 nitrogen and oxygen atoms in total. The Balaban J connectivity index is 3.05. The lowest BCUT2D eigenvalue weighted by Gasteiger charge is -2.04. The summed E-state index contributed by atoms with van der Waals surface area (Å²) in [4.78, 5) is 11.0. The van der Waals surface area contributed by atoms with Crippen LogP contribution in [0.4, 0.5) is 0 Å². The van der Waals surface area contributed by atoms with E-state index in [9.17, 15) is 4.79 Å². The normalized spacial score (nSPS) is 10.2. The third-order valence-corrected chi connectivity index (χ3v) is 4.57. The van der Waals surface area contributed by atoms with Crippen molar-refractivity contribution in [2.24, 2.45) is 0 Å². The molecule has 0 fully saturated rings. The van der Waals surface area contributed by atoms with Gasteiger partial charge >= 0.3 is 0 Å². The van der Waals surface area contributed by atoms with Gasteiger partial charge < -0.3 is 5.32 Å². The number of halogens is 1. The Morgan fingerprint density at radius 3 is 1.46 bits per heavy atom. The number of nitrogens with one attached hydrogen (secondary N) is 1. The number of amides is 1. The van der Waals surface area contributed by atoms with Crippen LogP contribution in [0.3, 0.4) is 0 Å².